The summed E-state index contributed by atoms with van der Waals surface area (Å²) >= 11 is 0. The molecule has 0 bridgehead atoms. The topological polar surface area (TPSA) is 35.5 Å². The van der Waals surface area contributed by atoms with Crippen molar-refractivity contribution in [1.82, 2.24) is 0 Å². The van der Waals surface area contributed by atoms with Crippen molar-refractivity contribution in [2.45, 2.75) is 58.5 Å². The number of carbonyl (C=O) groups excluding carboxylic acids is 1. The van der Waals surface area contributed by atoms with Crippen LogP contribution >= 0.6 is 0 Å². The van der Waals surface area contributed by atoms with Crippen molar-refractivity contribution in [3.05, 3.63) is 29.3 Å². The summed E-state index contributed by atoms with van der Waals surface area (Å²) in [7, 11) is 0. The van der Waals surface area contributed by atoms with Crippen molar-refractivity contribution in [2.75, 3.05) is 13.2 Å². The number of rotatable bonds is 8. The Hall–Kier alpha value is -1.35. The van der Waals surface area contributed by atoms with Crippen LogP contribution in [0, 0.1) is 0 Å². The molecular weight excluding hydrogens is 264 g/mol. The molecule has 2 rings (SSSR count). The van der Waals surface area contributed by atoms with Gasteiger partial charge in [-0.3, -0.25) is 4.79 Å². The minimum Gasteiger partial charge on any atom is -0.493 e. The molecule has 1 aliphatic heterocycles. The van der Waals surface area contributed by atoms with E-state index >= 15 is 0 Å². The molecule has 0 radical (unpaired) electrons. The van der Waals surface area contributed by atoms with Gasteiger partial charge >= 0.3 is 0 Å². The zero-order chi connectivity index (χ0) is 15.3. The lowest BCUT2D eigenvalue weighted by atomic mass is 9.88. The number of hydrogen-bond acceptors (Lipinski definition) is 3. The number of ketones is 1. The SMILES string of the molecule is CCOC(CC)(CC)C(=O)CCc1ccc2c(c1)CCO2. The molecule has 1 aliphatic rings. The number of carbonyl (C=O) groups is 1. The van der Waals surface area contributed by atoms with Gasteiger partial charge in [-0.05, 0) is 43.4 Å². The molecule has 0 atom stereocenters. The van der Waals surface area contributed by atoms with Crippen LogP contribution in [0.15, 0.2) is 18.2 Å². The minimum absolute atomic E-state index is 0.228. The van der Waals surface area contributed by atoms with E-state index in [-0.39, 0.29) is 5.78 Å². The molecule has 1 heterocycles. The standard InChI is InChI=1S/C18H26O3/c1-4-18(5-2,21-6-3)17(19)10-8-14-7-9-16-15(13-14)11-12-20-16/h7,9,13H,4-6,8,10-12H2,1-3H3. The highest BCUT2D eigenvalue weighted by Gasteiger charge is 2.34. The second-order valence-electron chi connectivity index (χ2n) is 5.60. The highest BCUT2D eigenvalue weighted by Crippen LogP contribution is 2.28. The zero-order valence-electron chi connectivity index (χ0n) is 13.4. The van der Waals surface area contributed by atoms with E-state index in [1.165, 1.54) is 11.1 Å². The van der Waals surface area contributed by atoms with Gasteiger partial charge in [-0.25, -0.2) is 0 Å². The summed E-state index contributed by atoms with van der Waals surface area (Å²) in [6, 6.07) is 6.27. The first kappa shape index (κ1) is 16.0. The first-order valence-electron chi connectivity index (χ1n) is 8.07. The lowest BCUT2D eigenvalue weighted by Gasteiger charge is -2.30. The van der Waals surface area contributed by atoms with Crippen LogP contribution in [0.3, 0.4) is 0 Å². The van der Waals surface area contributed by atoms with Crippen LogP contribution in [-0.2, 0) is 22.4 Å². The van der Waals surface area contributed by atoms with Crippen LogP contribution in [-0.4, -0.2) is 24.6 Å². The van der Waals surface area contributed by atoms with Crippen LogP contribution in [0.4, 0.5) is 0 Å². The molecule has 0 unspecified atom stereocenters. The van der Waals surface area contributed by atoms with Crippen LogP contribution < -0.4 is 4.74 Å². The van der Waals surface area contributed by atoms with Gasteiger partial charge < -0.3 is 9.47 Å². The second kappa shape index (κ2) is 7.08. The molecule has 3 nitrogen and oxygen atoms in total. The quantitative estimate of drug-likeness (QED) is 0.732. The Morgan fingerprint density at radius 3 is 2.71 bits per heavy atom. The smallest absolute Gasteiger partial charge is 0.164 e. The summed E-state index contributed by atoms with van der Waals surface area (Å²) < 4.78 is 11.3. The van der Waals surface area contributed by atoms with Crippen LogP contribution in [0.5, 0.6) is 5.75 Å². The Balaban J connectivity index is 1.99. The lowest BCUT2D eigenvalue weighted by molar-refractivity contribution is -0.145. The maximum atomic E-state index is 12.6. The summed E-state index contributed by atoms with van der Waals surface area (Å²) in [5.41, 5.74) is 1.89. The Labute approximate surface area is 127 Å². The van der Waals surface area contributed by atoms with Crippen LogP contribution in [0.1, 0.15) is 51.2 Å². The average molecular weight is 290 g/mol. The molecule has 0 spiro atoms. The van der Waals surface area contributed by atoms with Gasteiger partial charge in [0.1, 0.15) is 11.4 Å². The molecule has 0 fully saturated rings. The molecule has 116 valence electrons. The average Bonchev–Trinajstić information content (AvgIpc) is 2.98. The van der Waals surface area contributed by atoms with Crippen LogP contribution in [0.2, 0.25) is 0 Å². The van der Waals surface area contributed by atoms with E-state index in [0.717, 1.165) is 38.0 Å². The molecule has 0 aromatic heterocycles. The van der Waals surface area contributed by atoms with Gasteiger partial charge in [0.15, 0.2) is 5.78 Å². The van der Waals surface area contributed by atoms with Crippen molar-refractivity contribution in [1.29, 1.82) is 0 Å². The monoisotopic (exact) mass is 290 g/mol. The molecule has 0 saturated carbocycles. The largest absolute Gasteiger partial charge is 0.493 e. The van der Waals surface area contributed by atoms with Crippen molar-refractivity contribution in [3.8, 4) is 5.75 Å². The summed E-state index contributed by atoms with van der Waals surface area (Å²) in [4.78, 5) is 12.6. The first-order valence-corrected chi connectivity index (χ1v) is 8.07. The van der Waals surface area contributed by atoms with E-state index in [0.29, 0.717) is 13.0 Å². The molecule has 0 saturated heterocycles. The number of aryl methyl sites for hydroxylation is 1. The number of Topliss-reactive ketones (excluding diaryl/α,β-unsaturated/α-hetero) is 1. The molecule has 1 aromatic carbocycles. The van der Waals surface area contributed by atoms with E-state index < -0.39 is 5.60 Å². The number of benzene rings is 1. The summed E-state index contributed by atoms with van der Waals surface area (Å²) in [5, 5.41) is 0. The fourth-order valence-electron chi connectivity index (χ4n) is 3.09. The van der Waals surface area contributed by atoms with E-state index in [1.54, 1.807) is 0 Å². The number of ether oxygens (including phenoxy) is 2. The maximum Gasteiger partial charge on any atom is 0.164 e. The van der Waals surface area contributed by atoms with Crippen molar-refractivity contribution >= 4 is 5.78 Å². The van der Waals surface area contributed by atoms with Gasteiger partial charge in [0.05, 0.1) is 6.61 Å². The Bertz CT molecular complexity index is 489. The van der Waals surface area contributed by atoms with E-state index in [1.807, 2.05) is 26.8 Å². The fraction of sp³-hybridized carbons (Fsp3) is 0.611. The Morgan fingerprint density at radius 2 is 2.05 bits per heavy atom. The first-order chi connectivity index (χ1) is 10.1. The van der Waals surface area contributed by atoms with E-state index in [9.17, 15) is 4.79 Å². The molecule has 1 aromatic rings. The molecule has 3 heteroatoms. The van der Waals surface area contributed by atoms with E-state index in [2.05, 4.69) is 12.1 Å². The molecule has 21 heavy (non-hydrogen) atoms. The minimum atomic E-state index is -0.589. The third kappa shape index (κ3) is 3.46. The predicted molar refractivity (Wildman–Crippen MR) is 83.9 cm³/mol. The highest BCUT2D eigenvalue weighted by atomic mass is 16.5. The summed E-state index contributed by atoms with van der Waals surface area (Å²) in [6.45, 7) is 7.38. The summed E-state index contributed by atoms with van der Waals surface area (Å²) in [6.07, 6.45) is 3.79. The van der Waals surface area contributed by atoms with Crippen molar-refractivity contribution < 1.29 is 14.3 Å². The predicted octanol–water partition coefficient (Wildman–Crippen LogP) is 3.72. The van der Waals surface area contributed by atoms with Gasteiger partial charge in [-0.2, -0.15) is 0 Å². The number of hydrogen-bond donors (Lipinski definition) is 0. The van der Waals surface area contributed by atoms with Crippen molar-refractivity contribution in [2.24, 2.45) is 0 Å². The zero-order valence-corrected chi connectivity index (χ0v) is 13.4. The van der Waals surface area contributed by atoms with Gasteiger partial charge in [0, 0.05) is 19.4 Å². The number of fused-ring (bicyclic) bond motifs is 1. The third-order valence-electron chi connectivity index (χ3n) is 4.47. The Kier molecular flexibility index (Phi) is 5.40. The van der Waals surface area contributed by atoms with Gasteiger partial charge in [0.2, 0.25) is 0 Å². The summed E-state index contributed by atoms with van der Waals surface area (Å²) in [5.74, 6) is 1.22. The van der Waals surface area contributed by atoms with E-state index in [4.69, 9.17) is 9.47 Å². The van der Waals surface area contributed by atoms with Gasteiger partial charge in [-0.1, -0.05) is 26.0 Å². The lowest BCUT2D eigenvalue weighted by Crippen LogP contribution is -2.40. The van der Waals surface area contributed by atoms with Crippen molar-refractivity contribution in [3.63, 3.8) is 0 Å². The molecule has 0 N–H and O–H groups in total. The Morgan fingerprint density at radius 1 is 1.29 bits per heavy atom. The molecule has 0 amide bonds. The third-order valence-corrected chi connectivity index (χ3v) is 4.47. The van der Waals surface area contributed by atoms with Crippen LogP contribution in [0.25, 0.3) is 0 Å². The highest BCUT2D eigenvalue weighted by molar-refractivity contribution is 5.87. The van der Waals surface area contributed by atoms with Gasteiger partial charge in [-0.15, -0.1) is 0 Å². The second-order valence-corrected chi connectivity index (χ2v) is 5.60. The van der Waals surface area contributed by atoms with Gasteiger partial charge in [0.25, 0.3) is 0 Å². The fourth-order valence-corrected chi connectivity index (χ4v) is 3.09. The normalized spacial score (nSPS) is 13.9. The molecular formula is C18H26O3. The maximum absolute atomic E-state index is 12.6. The molecule has 0 aliphatic carbocycles.